The van der Waals surface area contributed by atoms with Crippen LogP contribution in [0.2, 0.25) is 0 Å². The lowest BCUT2D eigenvalue weighted by atomic mass is 10.2. The second-order valence-corrected chi connectivity index (χ2v) is 1.77. The van der Waals surface area contributed by atoms with Crippen molar-refractivity contribution in [3.63, 3.8) is 0 Å². The Balaban J connectivity index is 3.45. The topological polar surface area (TPSA) is 55.8 Å². The van der Waals surface area contributed by atoms with Crippen molar-refractivity contribution < 1.29 is 19.7 Å². The Hall–Kier alpha value is -0.610. The molecular weight excluding hydrogens is 124 g/mol. The molecule has 0 radical (unpaired) electrons. The first-order valence-corrected chi connectivity index (χ1v) is 2.56. The first-order chi connectivity index (χ1) is 4.22. The van der Waals surface area contributed by atoms with E-state index < -0.39 is 11.9 Å². The van der Waals surface area contributed by atoms with E-state index in [9.17, 15) is 4.79 Å². The van der Waals surface area contributed by atoms with E-state index >= 15 is 0 Å². The number of hydrogen-bond acceptors (Lipinski definition) is 4. The lowest BCUT2D eigenvalue weighted by Crippen LogP contribution is -2.17. The van der Waals surface area contributed by atoms with E-state index in [0.717, 1.165) is 0 Å². The van der Waals surface area contributed by atoms with Gasteiger partial charge in [-0.25, -0.2) is 4.79 Å². The lowest BCUT2D eigenvalue weighted by Gasteiger charge is -2.03. The third-order valence-corrected chi connectivity index (χ3v) is 0.909. The minimum absolute atomic E-state index is 0.263. The Morgan fingerprint density at radius 3 is 2.67 bits per heavy atom. The number of methoxy groups -OCH3 is 1. The van der Waals surface area contributed by atoms with Gasteiger partial charge >= 0.3 is 5.97 Å². The molecule has 4 nitrogen and oxygen atoms in total. The number of carbonyl (C=O) groups excluding carboxylic acids is 1. The summed E-state index contributed by atoms with van der Waals surface area (Å²) in [6, 6.07) is 0. The van der Waals surface area contributed by atoms with E-state index in [1.54, 1.807) is 6.92 Å². The van der Waals surface area contributed by atoms with Gasteiger partial charge in [-0.1, -0.05) is 0 Å². The fourth-order valence-electron chi connectivity index (χ4n) is 0.408. The molecule has 1 atom stereocenters. The quantitative estimate of drug-likeness (QED) is 0.445. The summed E-state index contributed by atoms with van der Waals surface area (Å²) in [5.74, 6) is -1.07. The number of ether oxygens (including phenoxy) is 1. The Morgan fingerprint density at radius 1 is 1.78 bits per heavy atom. The monoisotopic (exact) mass is 134 g/mol. The highest BCUT2D eigenvalue weighted by Gasteiger charge is 2.12. The van der Waals surface area contributed by atoms with Crippen molar-refractivity contribution in [3.05, 3.63) is 0 Å². The molecule has 0 rings (SSSR count). The normalized spacial score (nSPS) is 12.8. The highest BCUT2D eigenvalue weighted by atomic mass is 17.1. The zero-order valence-electron chi connectivity index (χ0n) is 5.46. The average Bonchev–Trinajstić information content (AvgIpc) is 1.87. The van der Waals surface area contributed by atoms with Crippen LogP contribution in [0.3, 0.4) is 0 Å². The van der Waals surface area contributed by atoms with Crippen molar-refractivity contribution in [3.8, 4) is 0 Å². The zero-order valence-corrected chi connectivity index (χ0v) is 5.46. The standard InChI is InChI=1S/C5H10O4/c1-4(3-8-2)5(6)9-7/h4,7H,3H2,1-2H3. The molecule has 0 fully saturated rings. The summed E-state index contributed by atoms with van der Waals surface area (Å²) in [6.45, 7) is 1.86. The van der Waals surface area contributed by atoms with Gasteiger partial charge in [-0.05, 0) is 6.92 Å². The smallest absolute Gasteiger partial charge is 0.347 e. The SMILES string of the molecule is COCC(C)C(=O)OO. The number of rotatable bonds is 3. The summed E-state index contributed by atoms with van der Waals surface area (Å²) in [5, 5.41) is 7.83. The molecule has 0 aromatic carbocycles. The third kappa shape index (κ3) is 3.05. The molecule has 0 aliphatic rings. The predicted molar refractivity (Wildman–Crippen MR) is 29.8 cm³/mol. The van der Waals surface area contributed by atoms with Gasteiger partial charge in [0.2, 0.25) is 0 Å². The maximum atomic E-state index is 10.3. The van der Waals surface area contributed by atoms with Crippen molar-refractivity contribution in [2.75, 3.05) is 13.7 Å². The third-order valence-electron chi connectivity index (χ3n) is 0.909. The van der Waals surface area contributed by atoms with Crippen molar-refractivity contribution in [1.29, 1.82) is 0 Å². The first kappa shape index (κ1) is 8.39. The van der Waals surface area contributed by atoms with Crippen LogP contribution in [-0.2, 0) is 14.4 Å². The molecule has 0 amide bonds. The molecule has 4 heteroatoms. The molecule has 0 aromatic heterocycles. The van der Waals surface area contributed by atoms with Gasteiger partial charge in [0.05, 0.1) is 12.5 Å². The number of hydrogen-bond donors (Lipinski definition) is 1. The molecule has 0 bridgehead atoms. The van der Waals surface area contributed by atoms with Gasteiger partial charge in [-0.15, -0.1) is 0 Å². The molecule has 1 N–H and O–H groups in total. The van der Waals surface area contributed by atoms with Crippen molar-refractivity contribution in [2.45, 2.75) is 6.92 Å². The van der Waals surface area contributed by atoms with Gasteiger partial charge < -0.3 is 9.62 Å². The van der Waals surface area contributed by atoms with Crippen molar-refractivity contribution in [2.24, 2.45) is 5.92 Å². The van der Waals surface area contributed by atoms with E-state index in [1.807, 2.05) is 0 Å². The van der Waals surface area contributed by atoms with E-state index in [4.69, 9.17) is 5.26 Å². The summed E-state index contributed by atoms with van der Waals surface area (Å²) >= 11 is 0. The molecule has 0 aliphatic heterocycles. The minimum atomic E-state index is -0.670. The van der Waals surface area contributed by atoms with Crippen LogP contribution in [0.15, 0.2) is 0 Å². The van der Waals surface area contributed by atoms with Gasteiger partial charge in [0.15, 0.2) is 0 Å². The molecule has 1 unspecified atom stereocenters. The van der Waals surface area contributed by atoms with Gasteiger partial charge in [-0.3, -0.25) is 0 Å². The largest absolute Gasteiger partial charge is 0.384 e. The molecule has 54 valence electrons. The average molecular weight is 134 g/mol. The maximum Gasteiger partial charge on any atom is 0.347 e. The molecule has 0 saturated heterocycles. The van der Waals surface area contributed by atoms with Crippen molar-refractivity contribution in [1.82, 2.24) is 0 Å². The molecule has 0 heterocycles. The number of carbonyl (C=O) groups is 1. The first-order valence-electron chi connectivity index (χ1n) is 2.56. The van der Waals surface area contributed by atoms with Gasteiger partial charge in [0.1, 0.15) is 0 Å². The van der Waals surface area contributed by atoms with E-state index in [2.05, 4.69) is 9.62 Å². The summed E-state index contributed by atoms with van der Waals surface area (Å²) in [5.41, 5.74) is 0. The second kappa shape index (κ2) is 4.29. The summed E-state index contributed by atoms with van der Waals surface area (Å²) in [6.07, 6.45) is 0. The fraction of sp³-hybridized carbons (Fsp3) is 0.800. The van der Waals surface area contributed by atoms with E-state index in [0.29, 0.717) is 0 Å². The highest BCUT2D eigenvalue weighted by molar-refractivity contribution is 5.71. The van der Waals surface area contributed by atoms with Gasteiger partial charge in [-0.2, -0.15) is 5.26 Å². The summed E-state index contributed by atoms with van der Waals surface area (Å²) < 4.78 is 4.61. The zero-order chi connectivity index (χ0) is 7.28. The Labute approximate surface area is 53.3 Å². The minimum Gasteiger partial charge on any atom is -0.384 e. The summed E-state index contributed by atoms with van der Waals surface area (Å²) in [4.78, 5) is 13.8. The van der Waals surface area contributed by atoms with Crippen LogP contribution in [0.4, 0.5) is 0 Å². The van der Waals surface area contributed by atoms with Crippen LogP contribution in [0.5, 0.6) is 0 Å². The van der Waals surface area contributed by atoms with E-state index in [1.165, 1.54) is 7.11 Å². The van der Waals surface area contributed by atoms with Crippen LogP contribution in [-0.4, -0.2) is 24.9 Å². The van der Waals surface area contributed by atoms with Crippen LogP contribution in [0.25, 0.3) is 0 Å². The van der Waals surface area contributed by atoms with Crippen LogP contribution in [0.1, 0.15) is 6.92 Å². The van der Waals surface area contributed by atoms with Crippen LogP contribution >= 0.6 is 0 Å². The maximum absolute atomic E-state index is 10.3. The lowest BCUT2D eigenvalue weighted by molar-refractivity contribution is -0.239. The molecular formula is C5H10O4. The fourth-order valence-corrected chi connectivity index (χ4v) is 0.408. The predicted octanol–water partition coefficient (Wildman–Crippen LogP) is 0.285. The molecule has 9 heavy (non-hydrogen) atoms. The Morgan fingerprint density at radius 2 is 2.33 bits per heavy atom. The van der Waals surface area contributed by atoms with Gasteiger partial charge in [0, 0.05) is 7.11 Å². The highest BCUT2D eigenvalue weighted by Crippen LogP contribution is 1.96. The van der Waals surface area contributed by atoms with Crippen LogP contribution < -0.4 is 0 Å². The Bertz CT molecular complexity index is 91.0. The van der Waals surface area contributed by atoms with Crippen LogP contribution in [0, 0.1) is 5.92 Å². The molecule has 0 spiro atoms. The molecule has 0 aromatic rings. The van der Waals surface area contributed by atoms with E-state index in [-0.39, 0.29) is 6.61 Å². The van der Waals surface area contributed by atoms with Gasteiger partial charge in [0.25, 0.3) is 0 Å². The molecule has 0 aliphatic carbocycles. The van der Waals surface area contributed by atoms with Crippen molar-refractivity contribution >= 4 is 5.97 Å². The summed E-state index contributed by atoms with van der Waals surface area (Å²) in [7, 11) is 1.47. The Kier molecular flexibility index (Phi) is 4.00. The second-order valence-electron chi connectivity index (χ2n) is 1.77. The molecule has 0 saturated carbocycles.